The fraction of sp³-hybridized carbons (Fsp3) is 0.667. The lowest BCUT2D eigenvalue weighted by Gasteiger charge is -2.29. The number of hydrogen-bond donors (Lipinski definition) is 2. The average molecular weight is 275 g/mol. The summed E-state index contributed by atoms with van der Waals surface area (Å²) in [6.07, 6.45) is 5.48. The second-order valence-electron chi connectivity index (χ2n) is 6.69. The van der Waals surface area contributed by atoms with Crippen LogP contribution >= 0.6 is 0 Å². The van der Waals surface area contributed by atoms with Crippen molar-refractivity contribution in [3.8, 4) is 0 Å². The molecule has 0 bridgehead atoms. The van der Waals surface area contributed by atoms with Crippen LogP contribution in [0, 0.1) is 11.8 Å². The Labute approximate surface area is 123 Å². The van der Waals surface area contributed by atoms with Gasteiger partial charge in [-0.3, -0.25) is 0 Å². The molecule has 112 valence electrons. The molecule has 1 saturated carbocycles. The van der Waals surface area contributed by atoms with Gasteiger partial charge in [0.25, 0.3) is 0 Å². The molecule has 1 aliphatic rings. The van der Waals surface area contributed by atoms with Crippen LogP contribution in [0.3, 0.4) is 0 Å². The van der Waals surface area contributed by atoms with Crippen molar-refractivity contribution in [3.05, 3.63) is 35.9 Å². The van der Waals surface area contributed by atoms with Crippen LogP contribution in [0.25, 0.3) is 0 Å². The predicted octanol–water partition coefficient (Wildman–Crippen LogP) is 3.91. The van der Waals surface area contributed by atoms with Crippen LogP contribution < -0.4 is 5.32 Å². The largest absolute Gasteiger partial charge is 0.393 e. The summed E-state index contributed by atoms with van der Waals surface area (Å²) in [5.41, 5.74) is 1.39. The second-order valence-corrected chi connectivity index (χ2v) is 6.69. The van der Waals surface area contributed by atoms with Gasteiger partial charge in [0.05, 0.1) is 6.10 Å². The van der Waals surface area contributed by atoms with Crippen LogP contribution in [0.15, 0.2) is 30.3 Å². The molecular weight excluding hydrogens is 246 g/mol. The summed E-state index contributed by atoms with van der Waals surface area (Å²) in [5, 5.41) is 13.5. The van der Waals surface area contributed by atoms with Crippen molar-refractivity contribution in [3.63, 3.8) is 0 Å². The highest BCUT2D eigenvalue weighted by molar-refractivity contribution is 5.18. The van der Waals surface area contributed by atoms with Crippen molar-refractivity contribution in [1.82, 2.24) is 5.32 Å². The van der Waals surface area contributed by atoms with Crippen LogP contribution in [0.5, 0.6) is 0 Å². The summed E-state index contributed by atoms with van der Waals surface area (Å²) < 4.78 is 0. The van der Waals surface area contributed by atoms with E-state index >= 15 is 0 Å². The highest BCUT2D eigenvalue weighted by Gasteiger charge is 2.21. The Morgan fingerprint density at radius 2 is 1.95 bits per heavy atom. The van der Waals surface area contributed by atoms with Crippen molar-refractivity contribution in [2.75, 3.05) is 6.54 Å². The minimum atomic E-state index is -0.0733. The minimum absolute atomic E-state index is 0.0733. The fourth-order valence-corrected chi connectivity index (χ4v) is 3.25. The molecule has 0 saturated heterocycles. The molecule has 20 heavy (non-hydrogen) atoms. The van der Waals surface area contributed by atoms with E-state index in [0.29, 0.717) is 17.9 Å². The molecule has 0 heterocycles. The third-order valence-corrected chi connectivity index (χ3v) is 4.32. The summed E-state index contributed by atoms with van der Waals surface area (Å²) in [5.74, 6) is 1.32. The van der Waals surface area contributed by atoms with Gasteiger partial charge in [-0.15, -0.1) is 0 Å². The highest BCUT2D eigenvalue weighted by Crippen LogP contribution is 2.26. The lowest BCUT2D eigenvalue weighted by Crippen LogP contribution is -2.32. The number of aliphatic hydroxyl groups is 1. The van der Waals surface area contributed by atoms with Gasteiger partial charge in [0, 0.05) is 6.04 Å². The van der Waals surface area contributed by atoms with E-state index < -0.39 is 0 Å². The molecule has 3 unspecified atom stereocenters. The van der Waals surface area contributed by atoms with Crippen LogP contribution in [-0.4, -0.2) is 17.8 Å². The van der Waals surface area contributed by atoms with Gasteiger partial charge in [-0.05, 0) is 49.6 Å². The molecule has 0 aromatic heterocycles. The molecular formula is C18H29NO. The normalized spacial score (nSPS) is 24.8. The molecule has 2 N–H and O–H groups in total. The quantitative estimate of drug-likeness (QED) is 0.825. The maximum absolute atomic E-state index is 9.78. The zero-order valence-electron chi connectivity index (χ0n) is 12.9. The molecule has 2 rings (SSSR count). The molecule has 0 spiro atoms. The maximum atomic E-state index is 9.78. The van der Waals surface area contributed by atoms with Gasteiger partial charge in [-0.2, -0.15) is 0 Å². The minimum Gasteiger partial charge on any atom is -0.393 e. The van der Waals surface area contributed by atoms with Gasteiger partial charge in [-0.25, -0.2) is 0 Å². The van der Waals surface area contributed by atoms with E-state index in [1.165, 1.54) is 24.8 Å². The zero-order chi connectivity index (χ0) is 14.4. The lowest BCUT2D eigenvalue weighted by atomic mass is 9.86. The van der Waals surface area contributed by atoms with Crippen LogP contribution in [-0.2, 0) is 0 Å². The van der Waals surface area contributed by atoms with Crippen molar-refractivity contribution in [2.24, 2.45) is 11.8 Å². The maximum Gasteiger partial charge on any atom is 0.0543 e. The van der Waals surface area contributed by atoms with Gasteiger partial charge in [0.2, 0.25) is 0 Å². The number of aliphatic hydroxyl groups excluding tert-OH is 1. The van der Waals surface area contributed by atoms with E-state index in [1.807, 2.05) is 0 Å². The monoisotopic (exact) mass is 275 g/mol. The first kappa shape index (κ1) is 15.5. The molecule has 1 aromatic rings. The SMILES string of the molecule is CC(C)CC(NCC1CCCC(O)C1)c1ccccc1. The van der Waals surface area contributed by atoms with Gasteiger partial charge in [0.15, 0.2) is 0 Å². The van der Waals surface area contributed by atoms with E-state index in [1.54, 1.807) is 0 Å². The van der Waals surface area contributed by atoms with E-state index in [0.717, 1.165) is 19.4 Å². The van der Waals surface area contributed by atoms with Crippen molar-refractivity contribution in [1.29, 1.82) is 0 Å². The lowest BCUT2D eigenvalue weighted by molar-refractivity contribution is 0.0992. The number of benzene rings is 1. The van der Waals surface area contributed by atoms with Gasteiger partial charge in [-0.1, -0.05) is 50.6 Å². The van der Waals surface area contributed by atoms with Crippen LogP contribution in [0.1, 0.15) is 57.6 Å². The Bertz CT molecular complexity index is 376. The number of rotatable bonds is 6. The van der Waals surface area contributed by atoms with E-state index in [9.17, 15) is 5.11 Å². The highest BCUT2D eigenvalue weighted by atomic mass is 16.3. The van der Waals surface area contributed by atoms with E-state index in [4.69, 9.17) is 0 Å². The van der Waals surface area contributed by atoms with Gasteiger partial charge < -0.3 is 10.4 Å². The summed E-state index contributed by atoms with van der Waals surface area (Å²) in [6, 6.07) is 11.2. The van der Waals surface area contributed by atoms with Gasteiger partial charge >= 0.3 is 0 Å². The predicted molar refractivity (Wildman–Crippen MR) is 84.6 cm³/mol. The summed E-state index contributed by atoms with van der Waals surface area (Å²) in [6.45, 7) is 5.59. The van der Waals surface area contributed by atoms with Crippen molar-refractivity contribution in [2.45, 2.75) is 58.1 Å². The molecule has 1 fully saturated rings. The van der Waals surface area contributed by atoms with Crippen molar-refractivity contribution >= 4 is 0 Å². The smallest absolute Gasteiger partial charge is 0.0543 e. The summed E-state index contributed by atoms with van der Waals surface area (Å²) in [7, 11) is 0. The van der Waals surface area contributed by atoms with Crippen LogP contribution in [0.2, 0.25) is 0 Å². The van der Waals surface area contributed by atoms with E-state index in [-0.39, 0.29) is 6.10 Å². The Kier molecular flexibility index (Phi) is 6.06. The third-order valence-electron chi connectivity index (χ3n) is 4.32. The first-order chi connectivity index (χ1) is 9.65. The molecule has 1 aliphatic carbocycles. The first-order valence-corrected chi connectivity index (χ1v) is 8.11. The Hall–Kier alpha value is -0.860. The standard InChI is InChI=1S/C18H29NO/c1-14(2)11-18(16-8-4-3-5-9-16)19-13-15-7-6-10-17(20)12-15/h3-5,8-9,14-15,17-20H,6-7,10-13H2,1-2H3. The van der Waals surface area contributed by atoms with Crippen molar-refractivity contribution < 1.29 is 5.11 Å². The Morgan fingerprint density at radius 1 is 1.20 bits per heavy atom. The van der Waals surface area contributed by atoms with E-state index in [2.05, 4.69) is 49.5 Å². The average Bonchev–Trinajstić information content (AvgIpc) is 2.44. The number of nitrogens with one attached hydrogen (secondary N) is 1. The zero-order valence-corrected chi connectivity index (χ0v) is 12.9. The molecule has 0 aliphatic heterocycles. The molecule has 0 radical (unpaired) electrons. The first-order valence-electron chi connectivity index (χ1n) is 8.11. The number of hydrogen-bond acceptors (Lipinski definition) is 2. The Balaban J connectivity index is 1.91. The summed E-state index contributed by atoms with van der Waals surface area (Å²) >= 11 is 0. The topological polar surface area (TPSA) is 32.3 Å². The second kappa shape index (κ2) is 7.80. The summed E-state index contributed by atoms with van der Waals surface area (Å²) in [4.78, 5) is 0. The van der Waals surface area contributed by atoms with Gasteiger partial charge in [0.1, 0.15) is 0 Å². The molecule has 2 nitrogen and oxygen atoms in total. The molecule has 3 atom stereocenters. The molecule has 1 aromatic carbocycles. The third kappa shape index (κ3) is 4.92. The fourth-order valence-electron chi connectivity index (χ4n) is 3.25. The van der Waals surface area contributed by atoms with Crippen LogP contribution in [0.4, 0.5) is 0 Å². The molecule has 0 amide bonds. The molecule has 2 heteroatoms. The Morgan fingerprint density at radius 3 is 2.60 bits per heavy atom.